The number of aromatic nitrogens is 1. The van der Waals surface area contributed by atoms with E-state index in [9.17, 15) is 0 Å². The summed E-state index contributed by atoms with van der Waals surface area (Å²) in [4.78, 5) is 20.2. The van der Waals surface area contributed by atoms with Gasteiger partial charge in [0.2, 0.25) is 5.88 Å². The largest absolute Gasteiger partial charge is 0.475 e. The second-order valence-corrected chi connectivity index (χ2v) is 8.91. The summed E-state index contributed by atoms with van der Waals surface area (Å²) in [5.74, 6) is 1.73. The van der Waals surface area contributed by atoms with Crippen LogP contribution < -0.4 is 9.64 Å². The number of pyridine rings is 1. The fourth-order valence-corrected chi connectivity index (χ4v) is 4.53. The lowest BCUT2D eigenvalue weighted by molar-refractivity contribution is -0.139. The molecule has 1 saturated heterocycles. The summed E-state index contributed by atoms with van der Waals surface area (Å²) in [6.45, 7) is 10.1. The zero-order valence-corrected chi connectivity index (χ0v) is 19.1. The van der Waals surface area contributed by atoms with Gasteiger partial charge in [0, 0.05) is 50.4 Å². The van der Waals surface area contributed by atoms with Gasteiger partial charge in [0.15, 0.2) is 0 Å². The maximum Gasteiger partial charge on any atom is 0.215 e. The summed E-state index contributed by atoms with van der Waals surface area (Å²) in [7, 11) is 0. The number of ether oxygens (including phenoxy) is 1. The Bertz CT molecular complexity index is 758. The molecular weight excluding hydrogens is 390 g/mol. The first-order valence-electron chi connectivity index (χ1n) is 11.9. The molecule has 1 atom stereocenters. The molecule has 2 aliphatic heterocycles. The molecule has 0 aromatic carbocycles. The molecule has 3 aliphatic rings. The lowest BCUT2D eigenvalue weighted by Crippen LogP contribution is -2.47. The van der Waals surface area contributed by atoms with E-state index in [1.165, 1.54) is 25.0 Å². The van der Waals surface area contributed by atoms with Crippen LogP contribution in [-0.4, -0.2) is 72.1 Å². The molecule has 1 aromatic rings. The first-order valence-corrected chi connectivity index (χ1v) is 11.9. The SMILES string of the molecule is CC(C)Oc1cccc(N2CCN(CCCCON3C=CN=C4CCCCC43)CC2)n1. The molecule has 7 nitrogen and oxygen atoms in total. The third-order valence-corrected chi connectivity index (χ3v) is 6.18. The fourth-order valence-electron chi connectivity index (χ4n) is 4.53. The van der Waals surface area contributed by atoms with Crippen molar-refractivity contribution in [2.75, 3.05) is 44.2 Å². The van der Waals surface area contributed by atoms with Crippen LogP contribution in [0.2, 0.25) is 0 Å². The quantitative estimate of drug-likeness (QED) is 0.558. The standard InChI is InChI=1S/C24H37N5O2/c1-20(2)31-24-11-7-10-23(26-24)28-17-15-27(16-18-28)13-5-6-19-30-29-14-12-25-21-8-3-4-9-22(21)29/h7,10-12,14,20,22H,3-6,8-9,13,15-19H2,1-2H3. The number of hydrogen-bond acceptors (Lipinski definition) is 7. The van der Waals surface area contributed by atoms with Crippen molar-refractivity contribution >= 4 is 11.5 Å². The second kappa shape index (κ2) is 11.0. The molecule has 0 bridgehead atoms. The maximum atomic E-state index is 6.07. The number of fused-ring (bicyclic) bond motifs is 1. The van der Waals surface area contributed by atoms with Gasteiger partial charge < -0.3 is 9.64 Å². The predicted molar refractivity (Wildman–Crippen MR) is 125 cm³/mol. The van der Waals surface area contributed by atoms with Gasteiger partial charge in [0.05, 0.1) is 18.8 Å². The highest BCUT2D eigenvalue weighted by Crippen LogP contribution is 2.24. The molecule has 1 saturated carbocycles. The molecule has 170 valence electrons. The monoisotopic (exact) mass is 427 g/mol. The van der Waals surface area contributed by atoms with E-state index >= 15 is 0 Å². The van der Waals surface area contributed by atoms with Crippen molar-refractivity contribution in [3.05, 3.63) is 30.6 Å². The molecule has 31 heavy (non-hydrogen) atoms. The molecule has 0 radical (unpaired) electrons. The second-order valence-electron chi connectivity index (χ2n) is 8.91. The van der Waals surface area contributed by atoms with Crippen molar-refractivity contribution in [3.8, 4) is 5.88 Å². The van der Waals surface area contributed by atoms with E-state index in [0.29, 0.717) is 11.9 Å². The molecule has 0 amide bonds. The van der Waals surface area contributed by atoms with E-state index in [4.69, 9.17) is 9.57 Å². The highest BCUT2D eigenvalue weighted by atomic mass is 16.7. The van der Waals surface area contributed by atoms with Crippen LogP contribution in [0.5, 0.6) is 5.88 Å². The van der Waals surface area contributed by atoms with Crippen molar-refractivity contribution in [1.82, 2.24) is 14.9 Å². The Kier molecular flexibility index (Phi) is 7.81. The summed E-state index contributed by atoms with van der Waals surface area (Å²) in [6.07, 6.45) is 11.1. The van der Waals surface area contributed by atoms with Crippen LogP contribution in [-0.2, 0) is 4.84 Å². The molecule has 7 heteroatoms. The normalized spacial score (nSPS) is 21.9. The molecule has 4 rings (SSSR count). The smallest absolute Gasteiger partial charge is 0.215 e. The summed E-state index contributed by atoms with van der Waals surface area (Å²) in [6, 6.07) is 6.41. The number of piperazine rings is 1. The highest BCUT2D eigenvalue weighted by Gasteiger charge is 2.27. The Labute approximate surface area is 186 Å². The van der Waals surface area contributed by atoms with E-state index < -0.39 is 0 Å². The van der Waals surface area contributed by atoms with Crippen LogP contribution in [0.15, 0.2) is 35.6 Å². The number of anilines is 1. The average molecular weight is 428 g/mol. The Morgan fingerprint density at radius 1 is 1.10 bits per heavy atom. The van der Waals surface area contributed by atoms with Gasteiger partial charge >= 0.3 is 0 Å². The van der Waals surface area contributed by atoms with Crippen LogP contribution in [0.25, 0.3) is 0 Å². The van der Waals surface area contributed by atoms with Crippen molar-refractivity contribution in [1.29, 1.82) is 0 Å². The van der Waals surface area contributed by atoms with Crippen LogP contribution in [0, 0.1) is 0 Å². The summed E-state index contributed by atoms with van der Waals surface area (Å²) in [5.41, 5.74) is 1.29. The van der Waals surface area contributed by atoms with Crippen molar-refractivity contribution < 1.29 is 9.57 Å². The van der Waals surface area contributed by atoms with Crippen molar-refractivity contribution in [2.45, 2.75) is 64.5 Å². The Balaban J connectivity index is 1.12. The van der Waals surface area contributed by atoms with Gasteiger partial charge in [0.25, 0.3) is 0 Å². The number of hydrogen-bond donors (Lipinski definition) is 0. The molecule has 0 spiro atoms. The third-order valence-electron chi connectivity index (χ3n) is 6.18. The lowest BCUT2D eigenvalue weighted by atomic mass is 9.92. The van der Waals surface area contributed by atoms with Crippen molar-refractivity contribution in [2.24, 2.45) is 4.99 Å². The first kappa shape index (κ1) is 22.1. The molecule has 2 fully saturated rings. The highest BCUT2D eigenvalue weighted by molar-refractivity contribution is 5.91. The van der Waals surface area contributed by atoms with Gasteiger partial charge in [-0.2, -0.15) is 4.98 Å². The van der Waals surface area contributed by atoms with Gasteiger partial charge in [-0.25, -0.2) is 0 Å². The number of rotatable bonds is 9. The van der Waals surface area contributed by atoms with Gasteiger partial charge in [0.1, 0.15) is 5.82 Å². The van der Waals surface area contributed by atoms with Crippen LogP contribution in [0.1, 0.15) is 52.4 Å². The number of aliphatic imine (C=N–C) groups is 1. The summed E-state index contributed by atoms with van der Waals surface area (Å²) < 4.78 is 5.74. The van der Waals surface area contributed by atoms with E-state index in [1.54, 1.807) is 0 Å². The third kappa shape index (κ3) is 6.20. The van der Waals surface area contributed by atoms with E-state index in [-0.39, 0.29) is 6.10 Å². The van der Waals surface area contributed by atoms with E-state index in [0.717, 1.165) is 64.4 Å². The van der Waals surface area contributed by atoms with Gasteiger partial charge in [-0.15, -0.1) is 0 Å². The van der Waals surface area contributed by atoms with Gasteiger partial charge in [-0.05, 0) is 58.6 Å². The first-order chi connectivity index (χ1) is 15.2. The zero-order chi connectivity index (χ0) is 21.5. The Morgan fingerprint density at radius 3 is 2.81 bits per heavy atom. The summed E-state index contributed by atoms with van der Waals surface area (Å²) in [5, 5.41) is 2.05. The topological polar surface area (TPSA) is 53.4 Å². The van der Waals surface area contributed by atoms with Crippen LogP contribution in [0.4, 0.5) is 5.82 Å². The molecular formula is C24H37N5O2. The minimum atomic E-state index is 0.146. The van der Waals surface area contributed by atoms with E-state index in [1.807, 2.05) is 43.4 Å². The van der Waals surface area contributed by atoms with Crippen LogP contribution >= 0.6 is 0 Å². The molecule has 3 heterocycles. The number of hydroxylamine groups is 2. The fraction of sp³-hybridized carbons (Fsp3) is 0.667. The minimum absolute atomic E-state index is 0.146. The Morgan fingerprint density at radius 2 is 1.97 bits per heavy atom. The van der Waals surface area contributed by atoms with Crippen molar-refractivity contribution in [3.63, 3.8) is 0 Å². The predicted octanol–water partition coefficient (Wildman–Crippen LogP) is 3.87. The molecule has 1 unspecified atom stereocenters. The lowest BCUT2D eigenvalue weighted by Gasteiger charge is -2.36. The van der Waals surface area contributed by atoms with Gasteiger partial charge in [-0.3, -0.25) is 19.8 Å². The average Bonchev–Trinajstić information content (AvgIpc) is 2.79. The molecule has 1 aromatic heterocycles. The van der Waals surface area contributed by atoms with E-state index in [2.05, 4.69) is 25.8 Å². The zero-order valence-electron chi connectivity index (χ0n) is 19.1. The van der Waals surface area contributed by atoms with Crippen LogP contribution in [0.3, 0.4) is 0 Å². The molecule has 0 N–H and O–H groups in total. The number of unbranched alkanes of at least 4 members (excludes halogenated alkanes) is 1. The maximum absolute atomic E-state index is 6.07. The van der Waals surface area contributed by atoms with Gasteiger partial charge in [-0.1, -0.05) is 12.5 Å². The Hall–Kier alpha value is -2.12. The number of nitrogens with zero attached hydrogens (tertiary/aromatic N) is 5. The minimum Gasteiger partial charge on any atom is -0.475 e. The summed E-state index contributed by atoms with van der Waals surface area (Å²) >= 11 is 0. The molecule has 1 aliphatic carbocycles.